The average Bonchev–Trinajstić information content (AvgIpc) is 3.01. The van der Waals surface area contributed by atoms with Gasteiger partial charge in [-0.1, -0.05) is 13.5 Å². The molecule has 0 amide bonds. The molecule has 0 saturated carbocycles. The Labute approximate surface area is 132 Å². The van der Waals surface area contributed by atoms with Gasteiger partial charge in [0.15, 0.2) is 11.6 Å². The smallest absolute Gasteiger partial charge is 0.167 e. The highest BCUT2D eigenvalue weighted by Gasteiger charge is 2.30. The van der Waals surface area contributed by atoms with E-state index in [1.807, 2.05) is 7.05 Å². The lowest BCUT2D eigenvalue weighted by atomic mass is 10.1. The van der Waals surface area contributed by atoms with E-state index in [1.165, 1.54) is 13.2 Å². The van der Waals surface area contributed by atoms with Crippen molar-refractivity contribution < 1.29 is 13.9 Å². The lowest BCUT2D eigenvalue weighted by Gasteiger charge is -2.35. The topological polar surface area (TPSA) is 24.9 Å². The van der Waals surface area contributed by atoms with E-state index in [-0.39, 0.29) is 11.9 Å². The predicted molar refractivity (Wildman–Crippen MR) is 86.6 cm³/mol. The Kier molecular flexibility index (Phi) is 5.29. The molecule has 0 aromatic heterocycles. The minimum absolute atomic E-state index is 0.178. The standard InChI is InChI=1S/C17H25FN2O2/c1-6-20-11-7-8-15(20)19(3)12(2)16-14(21-4)10-9-13(18)17(16)22-5/h9-10,15H,2,6-8,11H2,1,3-5H3. The molecule has 1 saturated heterocycles. The molecule has 5 heteroatoms. The van der Waals surface area contributed by atoms with Gasteiger partial charge in [-0.05, 0) is 31.5 Å². The monoisotopic (exact) mass is 308 g/mol. The maximum absolute atomic E-state index is 14.1. The van der Waals surface area contributed by atoms with Gasteiger partial charge in [0.2, 0.25) is 0 Å². The summed E-state index contributed by atoms with van der Waals surface area (Å²) in [7, 11) is 5.02. The molecule has 1 unspecified atom stereocenters. The molecule has 1 aliphatic rings. The van der Waals surface area contributed by atoms with Gasteiger partial charge < -0.3 is 14.4 Å². The van der Waals surface area contributed by atoms with E-state index in [2.05, 4.69) is 23.3 Å². The predicted octanol–water partition coefficient (Wildman–Crippen LogP) is 3.19. The maximum atomic E-state index is 14.1. The van der Waals surface area contributed by atoms with Crippen LogP contribution in [0.5, 0.6) is 11.5 Å². The first-order valence-electron chi connectivity index (χ1n) is 7.61. The van der Waals surface area contributed by atoms with E-state index in [0.29, 0.717) is 17.0 Å². The molecule has 1 atom stereocenters. The van der Waals surface area contributed by atoms with Gasteiger partial charge in [0.05, 0.1) is 25.9 Å². The number of benzene rings is 1. The molecule has 1 aliphatic heterocycles. The van der Waals surface area contributed by atoms with Gasteiger partial charge in [0.1, 0.15) is 5.75 Å². The van der Waals surface area contributed by atoms with Crippen LogP contribution in [-0.4, -0.2) is 50.3 Å². The van der Waals surface area contributed by atoms with E-state index in [9.17, 15) is 4.39 Å². The first-order valence-corrected chi connectivity index (χ1v) is 7.61. The summed E-state index contributed by atoms with van der Waals surface area (Å²) in [6.07, 6.45) is 2.51. The Morgan fingerprint density at radius 2 is 2.14 bits per heavy atom. The number of rotatable bonds is 6. The highest BCUT2D eigenvalue weighted by molar-refractivity contribution is 5.73. The van der Waals surface area contributed by atoms with E-state index >= 15 is 0 Å². The maximum Gasteiger partial charge on any atom is 0.167 e. The van der Waals surface area contributed by atoms with Crippen molar-refractivity contribution in [1.29, 1.82) is 0 Å². The average molecular weight is 308 g/mol. The first kappa shape index (κ1) is 16.6. The second-order valence-corrected chi connectivity index (χ2v) is 5.47. The van der Waals surface area contributed by atoms with Crippen LogP contribution in [0.2, 0.25) is 0 Å². The fourth-order valence-corrected chi connectivity index (χ4v) is 3.15. The van der Waals surface area contributed by atoms with Crippen LogP contribution in [0, 0.1) is 5.82 Å². The number of nitrogens with zero attached hydrogens (tertiary/aromatic N) is 2. The van der Waals surface area contributed by atoms with Crippen molar-refractivity contribution >= 4 is 5.70 Å². The Morgan fingerprint density at radius 1 is 1.41 bits per heavy atom. The van der Waals surface area contributed by atoms with Gasteiger partial charge in [-0.3, -0.25) is 4.90 Å². The highest BCUT2D eigenvalue weighted by atomic mass is 19.1. The quantitative estimate of drug-likeness (QED) is 0.806. The van der Waals surface area contributed by atoms with Gasteiger partial charge >= 0.3 is 0 Å². The van der Waals surface area contributed by atoms with Crippen LogP contribution < -0.4 is 9.47 Å². The fraction of sp³-hybridized carbons (Fsp3) is 0.529. The minimum atomic E-state index is -0.411. The molecule has 0 radical (unpaired) electrons. The fourth-order valence-electron chi connectivity index (χ4n) is 3.15. The van der Waals surface area contributed by atoms with Crippen LogP contribution in [0.4, 0.5) is 4.39 Å². The zero-order valence-corrected chi connectivity index (χ0v) is 13.9. The summed E-state index contributed by atoms with van der Waals surface area (Å²) in [6, 6.07) is 2.96. The summed E-state index contributed by atoms with van der Waals surface area (Å²) in [6.45, 7) is 8.39. The Balaban J connectivity index is 2.38. The third-order valence-electron chi connectivity index (χ3n) is 4.39. The van der Waals surface area contributed by atoms with Gasteiger partial charge in [-0.2, -0.15) is 0 Å². The van der Waals surface area contributed by atoms with E-state index in [1.54, 1.807) is 13.2 Å². The number of ether oxygens (including phenoxy) is 2. The van der Waals surface area contributed by atoms with Gasteiger partial charge in [0, 0.05) is 19.3 Å². The molecular weight excluding hydrogens is 283 g/mol. The van der Waals surface area contributed by atoms with Crippen molar-refractivity contribution in [1.82, 2.24) is 9.80 Å². The first-order chi connectivity index (χ1) is 10.5. The molecule has 0 bridgehead atoms. The summed E-state index contributed by atoms with van der Waals surface area (Å²) in [5, 5.41) is 0. The SMILES string of the molecule is C=C(c1c(OC)ccc(F)c1OC)N(C)C1CCCN1CC. The van der Waals surface area contributed by atoms with Crippen LogP contribution in [0.1, 0.15) is 25.3 Å². The molecular formula is C17H25FN2O2. The molecule has 122 valence electrons. The molecule has 1 aromatic carbocycles. The Bertz CT molecular complexity index is 548. The molecule has 0 N–H and O–H groups in total. The molecule has 1 fully saturated rings. The highest BCUT2D eigenvalue weighted by Crippen LogP contribution is 2.38. The lowest BCUT2D eigenvalue weighted by Crippen LogP contribution is -2.41. The number of hydrogen-bond donors (Lipinski definition) is 0. The second kappa shape index (κ2) is 7.01. The largest absolute Gasteiger partial charge is 0.496 e. The van der Waals surface area contributed by atoms with Crippen molar-refractivity contribution in [3.05, 3.63) is 30.1 Å². The second-order valence-electron chi connectivity index (χ2n) is 5.47. The normalized spacial score (nSPS) is 18.3. The Hall–Kier alpha value is -1.75. The summed E-state index contributed by atoms with van der Waals surface area (Å²) in [5.41, 5.74) is 1.29. The molecule has 1 heterocycles. The number of halogens is 1. The van der Waals surface area contributed by atoms with Crippen LogP contribution in [-0.2, 0) is 0 Å². The summed E-state index contributed by atoms with van der Waals surface area (Å²) < 4.78 is 24.7. The van der Waals surface area contributed by atoms with Crippen molar-refractivity contribution in [3.63, 3.8) is 0 Å². The van der Waals surface area contributed by atoms with Crippen LogP contribution in [0.15, 0.2) is 18.7 Å². The van der Waals surface area contributed by atoms with Crippen LogP contribution in [0.3, 0.4) is 0 Å². The number of methoxy groups -OCH3 is 2. The summed E-state index contributed by atoms with van der Waals surface area (Å²) >= 11 is 0. The number of hydrogen-bond acceptors (Lipinski definition) is 4. The third-order valence-corrected chi connectivity index (χ3v) is 4.39. The molecule has 0 aliphatic carbocycles. The van der Waals surface area contributed by atoms with E-state index in [0.717, 1.165) is 25.9 Å². The third kappa shape index (κ3) is 2.90. The molecule has 1 aromatic rings. The van der Waals surface area contributed by atoms with Gasteiger partial charge in [-0.25, -0.2) is 4.39 Å². The van der Waals surface area contributed by atoms with Gasteiger partial charge in [-0.15, -0.1) is 0 Å². The molecule has 0 spiro atoms. The minimum Gasteiger partial charge on any atom is -0.496 e. The van der Waals surface area contributed by atoms with Crippen molar-refractivity contribution in [3.8, 4) is 11.5 Å². The summed E-state index contributed by atoms with van der Waals surface area (Å²) in [4.78, 5) is 4.49. The molecule has 2 rings (SSSR count). The zero-order chi connectivity index (χ0) is 16.3. The lowest BCUT2D eigenvalue weighted by molar-refractivity contribution is 0.151. The molecule has 4 nitrogen and oxygen atoms in total. The van der Waals surface area contributed by atoms with Crippen LogP contribution >= 0.6 is 0 Å². The van der Waals surface area contributed by atoms with E-state index < -0.39 is 5.82 Å². The van der Waals surface area contributed by atoms with Gasteiger partial charge in [0.25, 0.3) is 0 Å². The zero-order valence-electron chi connectivity index (χ0n) is 13.9. The van der Waals surface area contributed by atoms with Crippen molar-refractivity contribution in [2.24, 2.45) is 0 Å². The number of likely N-dealkylation sites (tertiary alicyclic amines) is 1. The van der Waals surface area contributed by atoms with Crippen molar-refractivity contribution in [2.75, 3.05) is 34.4 Å². The van der Waals surface area contributed by atoms with Crippen LogP contribution in [0.25, 0.3) is 5.70 Å². The Morgan fingerprint density at radius 3 is 2.73 bits per heavy atom. The van der Waals surface area contributed by atoms with E-state index in [4.69, 9.17) is 9.47 Å². The van der Waals surface area contributed by atoms with Crippen molar-refractivity contribution in [2.45, 2.75) is 25.9 Å². The molecule has 22 heavy (non-hydrogen) atoms. The summed E-state index contributed by atoms with van der Waals surface area (Å²) in [5.74, 6) is 0.333.